The summed E-state index contributed by atoms with van der Waals surface area (Å²) in [4.78, 5) is 26.1. The molecule has 0 radical (unpaired) electrons. The van der Waals surface area contributed by atoms with Crippen LogP contribution >= 0.6 is 34.4 Å². The van der Waals surface area contributed by atoms with Crippen LogP contribution in [-0.4, -0.2) is 22.7 Å². The largest absolute Gasteiger partial charge is 0.367 e. The predicted molar refractivity (Wildman–Crippen MR) is 102 cm³/mol. The first-order valence-electron chi connectivity index (χ1n) is 6.93. The summed E-state index contributed by atoms with van der Waals surface area (Å²) in [7, 11) is 0. The van der Waals surface area contributed by atoms with Gasteiger partial charge in [0.25, 0.3) is 11.1 Å². The zero-order valence-corrected chi connectivity index (χ0v) is 15.0. The van der Waals surface area contributed by atoms with E-state index in [1.54, 1.807) is 6.08 Å². The average molecular weight is 436 g/mol. The summed E-state index contributed by atoms with van der Waals surface area (Å²) in [6.07, 6.45) is 1.75. The van der Waals surface area contributed by atoms with Crippen LogP contribution in [0.3, 0.4) is 0 Å². The van der Waals surface area contributed by atoms with Crippen LogP contribution in [0, 0.1) is 3.57 Å². The van der Waals surface area contributed by atoms with Gasteiger partial charge in [-0.2, -0.15) is 0 Å². The van der Waals surface area contributed by atoms with Crippen molar-refractivity contribution in [2.45, 2.75) is 0 Å². The van der Waals surface area contributed by atoms with E-state index in [1.807, 2.05) is 54.6 Å². The number of hydrogen-bond donors (Lipinski definition) is 1. The van der Waals surface area contributed by atoms with Crippen molar-refractivity contribution in [3.8, 4) is 0 Å². The summed E-state index contributed by atoms with van der Waals surface area (Å²) < 4.78 is 1.13. The molecule has 1 fully saturated rings. The van der Waals surface area contributed by atoms with Gasteiger partial charge in [-0.15, -0.1) is 0 Å². The van der Waals surface area contributed by atoms with Gasteiger partial charge in [0.2, 0.25) is 0 Å². The number of thioether (sulfide) groups is 1. The minimum Gasteiger partial charge on any atom is -0.367 e. The van der Waals surface area contributed by atoms with Crippen molar-refractivity contribution >= 4 is 57.3 Å². The van der Waals surface area contributed by atoms with Gasteiger partial charge in [0.05, 0.1) is 11.6 Å². The summed E-state index contributed by atoms with van der Waals surface area (Å²) in [5, 5.41) is 2.84. The monoisotopic (exact) mass is 436 g/mol. The molecule has 0 spiro atoms. The Morgan fingerprint density at radius 2 is 1.74 bits per heavy atom. The Hall–Kier alpha value is -1.80. The van der Waals surface area contributed by atoms with Crippen LogP contribution in [0.5, 0.6) is 0 Å². The second-order valence-corrected chi connectivity index (χ2v) is 7.10. The van der Waals surface area contributed by atoms with Crippen LogP contribution in [0.2, 0.25) is 0 Å². The minimum atomic E-state index is -0.262. The molecule has 2 aromatic carbocycles. The normalized spacial score (nSPS) is 16.2. The maximum atomic E-state index is 12.4. The van der Waals surface area contributed by atoms with E-state index < -0.39 is 0 Å². The van der Waals surface area contributed by atoms with E-state index in [1.165, 1.54) is 4.90 Å². The molecule has 0 saturated carbocycles. The molecule has 3 rings (SSSR count). The lowest BCUT2D eigenvalue weighted by molar-refractivity contribution is -0.122. The van der Waals surface area contributed by atoms with Crippen molar-refractivity contribution < 1.29 is 9.59 Å². The van der Waals surface area contributed by atoms with Crippen molar-refractivity contribution in [3.05, 3.63) is 68.6 Å². The van der Waals surface area contributed by atoms with E-state index in [0.717, 1.165) is 26.6 Å². The van der Waals surface area contributed by atoms with Crippen LogP contribution in [0.1, 0.15) is 5.56 Å². The standard InChI is InChI=1S/C17H13IN2O2S/c18-13-6-8-14(9-7-13)19-11-20-16(21)15(23-17(20)22)10-12-4-2-1-3-5-12/h1-10,19H,11H2/b15-10-. The van der Waals surface area contributed by atoms with E-state index >= 15 is 0 Å². The Bertz CT molecular complexity index is 760. The maximum absolute atomic E-state index is 12.4. The number of carbonyl (C=O) groups excluding carboxylic acids is 2. The molecule has 0 bridgehead atoms. The second-order valence-electron chi connectivity index (χ2n) is 4.86. The molecule has 0 aromatic heterocycles. The third kappa shape index (κ3) is 3.94. The first-order chi connectivity index (χ1) is 11.1. The van der Waals surface area contributed by atoms with Gasteiger partial charge in [-0.3, -0.25) is 14.5 Å². The molecule has 2 amide bonds. The van der Waals surface area contributed by atoms with Crippen LogP contribution in [0.4, 0.5) is 10.5 Å². The fourth-order valence-electron chi connectivity index (χ4n) is 2.08. The number of halogens is 1. The third-order valence-electron chi connectivity index (χ3n) is 3.26. The lowest BCUT2D eigenvalue weighted by Gasteiger charge is -2.14. The van der Waals surface area contributed by atoms with Crippen LogP contribution < -0.4 is 5.32 Å². The Balaban J connectivity index is 1.69. The molecule has 1 heterocycles. The van der Waals surface area contributed by atoms with Crippen LogP contribution in [0.25, 0.3) is 6.08 Å². The van der Waals surface area contributed by atoms with Gasteiger partial charge in [0.15, 0.2) is 0 Å². The maximum Gasteiger partial charge on any atom is 0.295 e. The molecule has 1 saturated heterocycles. The summed E-state index contributed by atoms with van der Waals surface area (Å²) >= 11 is 3.20. The molecule has 1 aliphatic heterocycles. The molecule has 0 aliphatic carbocycles. The van der Waals surface area contributed by atoms with E-state index in [4.69, 9.17) is 0 Å². The highest BCUT2D eigenvalue weighted by molar-refractivity contribution is 14.1. The van der Waals surface area contributed by atoms with Gasteiger partial charge in [-0.25, -0.2) is 0 Å². The molecule has 1 N–H and O–H groups in total. The number of hydrogen-bond acceptors (Lipinski definition) is 4. The number of nitrogens with zero attached hydrogens (tertiary/aromatic N) is 1. The molecule has 6 heteroatoms. The summed E-state index contributed by atoms with van der Waals surface area (Å²) in [5.74, 6) is -0.262. The Labute approximate surface area is 152 Å². The highest BCUT2D eigenvalue weighted by atomic mass is 127. The number of anilines is 1. The smallest absolute Gasteiger partial charge is 0.295 e. The van der Waals surface area contributed by atoms with E-state index in [0.29, 0.717) is 4.91 Å². The number of nitrogens with one attached hydrogen (secondary N) is 1. The second kappa shape index (κ2) is 7.18. The average Bonchev–Trinajstić information content (AvgIpc) is 2.82. The van der Waals surface area contributed by atoms with Crippen LogP contribution in [-0.2, 0) is 4.79 Å². The number of rotatable bonds is 4. The fraction of sp³-hybridized carbons (Fsp3) is 0.0588. The first-order valence-corrected chi connectivity index (χ1v) is 8.83. The number of amides is 2. The van der Waals surface area contributed by atoms with E-state index in [9.17, 15) is 9.59 Å². The van der Waals surface area contributed by atoms with Gasteiger partial charge in [-0.05, 0) is 70.3 Å². The van der Waals surface area contributed by atoms with Gasteiger partial charge < -0.3 is 5.32 Å². The molecular formula is C17H13IN2O2S. The fourth-order valence-corrected chi connectivity index (χ4v) is 3.27. The first kappa shape index (κ1) is 16.1. The summed E-state index contributed by atoms with van der Waals surface area (Å²) in [6, 6.07) is 17.3. The highest BCUT2D eigenvalue weighted by Crippen LogP contribution is 2.32. The molecular weight excluding hydrogens is 423 g/mol. The van der Waals surface area contributed by atoms with Crippen molar-refractivity contribution in [1.29, 1.82) is 0 Å². The molecule has 0 atom stereocenters. The molecule has 23 heavy (non-hydrogen) atoms. The Morgan fingerprint density at radius 1 is 1.04 bits per heavy atom. The zero-order chi connectivity index (χ0) is 16.2. The third-order valence-corrected chi connectivity index (χ3v) is 4.88. The quantitative estimate of drug-likeness (QED) is 0.571. The van der Waals surface area contributed by atoms with Crippen molar-refractivity contribution in [3.63, 3.8) is 0 Å². The minimum absolute atomic E-state index is 0.164. The van der Waals surface area contributed by atoms with Gasteiger partial charge in [0.1, 0.15) is 0 Å². The van der Waals surface area contributed by atoms with Gasteiger partial charge >= 0.3 is 0 Å². The number of imide groups is 1. The Kier molecular flexibility index (Phi) is 5.02. The van der Waals surface area contributed by atoms with Crippen molar-refractivity contribution in [2.24, 2.45) is 0 Å². The van der Waals surface area contributed by atoms with Gasteiger partial charge in [-0.1, -0.05) is 30.3 Å². The lowest BCUT2D eigenvalue weighted by Crippen LogP contribution is -2.33. The zero-order valence-electron chi connectivity index (χ0n) is 12.0. The van der Waals surface area contributed by atoms with Crippen LogP contribution in [0.15, 0.2) is 59.5 Å². The molecule has 0 unspecified atom stereocenters. The number of carbonyl (C=O) groups is 2. The molecule has 2 aromatic rings. The number of benzene rings is 2. The summed E-state index contributed by atoms with van der Waals surface area (Å²) in [6.45, 7) is 0.164. The Morgan fingerprint density at radius 3 is 2.43 bits per heavy atom. The van der Waals surface area contributed by atoms with Gasteiger partial charge in [0, 0.05) is 9.26 Å². The molecule has 1 aliphatic rings. The predicted octanol–water partition coefficient (Wildman–Crippen LogP) is 4.40. The SMILES string of the molecule is O=C1S/C(=C\c2ccccc2)C(=O)N1CNc1ccc(I)cc1. The van der Waals surface area contributed by atoms with Crippen molar-refractivity contribution in [1.82, 2.24) is 4.90 Å². The van der Waals surface area contributed by atoms with E-state index in [-0.39, 0.29) is 17.8 Å². The highest BCUT2D eigenvalue weighted by Gasteiger charge is 2.34. The lowest BCUT2D eigenvalue weighted by atomic mass is 10.2. The topological polar surface area (TPSA) is 49.4 Å². The van der Waals surface area contributed by atoms with Crippen molar-refractivity contribution in [2.75, 3.05) is 12.0 Å². The summed E-state index contributed by atoms with van der Waals surface area (Å²) in [5.41, 5.74) is 1.78. The molecule has 116 valence electrons. The molecule has 4 nitrogen and oxygen atoms in total. The van der Waals surface area contributed by atoms with E-state index in [2.05, 4.69) is 27.9 Å².